The summed E-state index contributed by atoms with van der Waals surface area (Å²) < 4.78 is 0. The van der Waals surface area contributed by atoms with Crippen molar-refractivity contribution in [2.24, 2.45) is 11.7 Å². The Kier molecular flexibility index (Phi) is 5.85. The molecule has 5 N–H and O–H groups in total. The van der Waals surface area contributed by atoms with E-state index in [2.05, 4.69) is 5.32 Å². The zero-order chi connectivity index (χ0) is 21.3. The molecule has 2 aliphatic rings. The first-order valence-electron chi connectivity index (χ1n) is 9.63. The fourth-order valence-corrected chi connectivity index (χ4v) is 3.79. The van der Waals surface area contributed by atoms with Gasteiger partial charge in [-0.1, -0.05) is 19.1 Å². The van der Waals surface area contributed by atoms with Gasteiger partial charge in [0.2, 0.25) is 11.8 Å². The van der Waals surface area contributed by atoms with E-state index in [0.29, 0.717) is 34.7 Å². The maximum absolute atomic E-state index is 13.4. The monoisotopic (exact) mass is 402 g/mol. The first-order chi connectivity index (χ1) is 13.8. The lowest BCUT2D eigenvalue weighted by Gasteiger charge is -2.43. The number of hydrogen-bond donors (Lipinski definition) is 3. The molecule has 1 fully saturated rings. The van der Waals surface area contributed by atoms with Gasteiger partial charge >= 0.3 is 0 Å². The highest BCUT2D eigenvalue weighted by Gasteiger charge is 2.43. The number of benzene rings is 1. The van der Waals surface area contributed by atoms with Crippen molar-refractivity contribution in [1.29, 1.82) is 0 Å². The molecule has 1 saturated heterocycles. The summed E-state index contributed by atoms with van der Waals surface area (Å²) in [7, 11) is 0. The van der Waals surface area contributed by atoms with E-state index in [1.165, 1.54) is 4.90 Å². The highest BCUT2D eigenvalue weighted by atomic mass is 16.2. The van der Waals surface area contributed by atoms with Gasteiger partial charge in [0, 0.05) is 18.5 Å². The van der Waals surface area contributed by atoms with Crippen molar-refractivity contribution >= 4 is 29.3 Å². The normalized spacial score (nSPS) is 21.7. The van der Waals surface area contributed by atoms with E-state index >= 15 is 0 Å². The van der Waals surface area contributed by atoms with Crippen LogP contribution >= 0.6 is 0 Å². The first kappa shape index (κ1) is 20.7. The molecule has 0 aliphatic carbocycles. The lowest BCUT2D eigenvalue weighted by molar-refractivity contribution is -0.153. The van der Waals surface area contributed by atoms with E-state index in [1.54, 1.807) is 25.1 Å². The molecule has 2 unspecified atom stereocenters. The third kappa shape index (κ3) is 3.81. The maximum atomic E-state index is 13.4. The quantitative estimate of drug-likeness (QED) is 0.278. The van der Waals surface area contributed by atoms with Crippen molar-refractivity contribution in [2.75, 3.05) is 5.32 Å². The summed E-state index contributed by atoms with van der Waals surface area (Å²) in [6, 6.07) is 4.43. The van der Waals surface area contributed by atoms with Crippen LogP contribution < -0.4 is 17.0 Å². The van der Waals surface area contributed by atoms with Gasteiger partial charge < -0.3 is 10.2 Å². The van der Waals surface area contributed by atoms with E-state index < -0.39 is 24.0 Å². The van der Waals surface area contributed by atoms with Crippen molar-refractivity contribution < 1.29 is 19.2 Å². The molecule has 0 bridgehead atoms. The molecule has 0 radical (unpaired) electrons. The van der Waals surface area contributed by atoms with Crippen LogP contribution in [0.15, 0.2) is 18.2 Å². The second-order valence-electron chi connectivity index (χ2n) is 7.30. The molecule has 10 nitrogen and oxygen atoms in total. The number of anilines is 1. The van der Waals surface area contributed by atoms with Crippen LogP contribution in [0.4, 0.5) is 5.69 Å². The van der Waals surface area contributed by atoms with Gasteiger partial charge in [0.1, 0.15) is 6.04 Å². The number of hydrazine groups is 2. The molecule has 0 saturated carbocycles. The summed E-state index contributed by atoms with van der Waals surface area (Å²) in [6.07, 6.45) is 0.802. The topological polar surface area (TPSA) is 142 Å². The van der Waals surface area contributed by atoms with Gasteiger partial charge in [-0.2, -0.15) is 0 Å². The molecule has 3 rings (SSSR count). The number of imide groups is 1. The van der Waals surface area contributed by atoms with Gasteiger partial charge in [0.05, 0.1) is 18.3 Å². The van der Waals surface area contributed by atoms with Crippen LogP contribution in [0.25, 0.3) is 0 Å². The van der Waals surface area contributed by atoms with E-state index in [-0.39, 0.29) is 31.2 Å². The van der Waals surface area contributed by atoms with Crippen molar-refractivity contribution in [2.45, 2.75) is 58.3 Å². The van der Waals surface area contributed by atoms with Crippen molar-refractivity contribution in [3.8, 4) is 0 Å². The number of nitrogens with two attached hydrogens (primary N) is 2. The largest absolute Gasteiger partial charge is 0.365 e. The molecule has 2 heterocycles. The summed E-state index contributed by atoms with van der Waals surface area (Å²) >= 11 is 0. The number of nitrogens with one attached hydrogen (secondary N) is 1. The van der Waals surface area contributed by atoms with E-state index in [0.717, 1.165) is 5.01 Å². The predicted molar refractivity (Wildman–Crippen MR) is 104 cm³/mol. The number of carbonyl (C=O) groups excluding carboxylic acids is 4. The maximum Gasteiger partial charge on any atom is 0.266 e. The zero-order valence-corrected chi connectivity index (χ0v) is 16.6. The minimum atomic E-state index is -0.843. The summed E-state index contributed by atoms with van der Waals surface area (Å²) in [5.41, 5.74) is 1.54. The average Bonchev–Trinajstić information content (AvgIpc) is 2.67. The molecule has 0 aromatic heterocycles. The number of hydrogen-bond acceptors (Lipinski definition) is 7. The minimum absolute atomic E-state index is 0.0672. The number of fused-ring (bicyclic) bond motifs is 1. The van der Waals surface area contributed by atoms with Gasteiger partial charge in [0.15, 0.2) is 0 Å². The van der Waals surface area contributed by atoms with Gasteiger partial charge in [-0.05, 0) is 31.4 Å². The third-order valence-electron chi connectivity index (χ3n) is 5.26. The molecule has 1 aromatic carbocycles. The molecule has 1 aromatic rings. The fourth-order valence-electron chi connectivity index (χ4n) is 3.79. The molecule has 29 heavy (non-hydrogen) atoms. The summed E-state index contributed by atoms with van der Waals surface area (Å²) in [5.74, 6) is 9.82. The van der Waals surface area contributed by atoms with Gasteiger partial charge in [0.25, 0.3) is 11.8 Å². The van der Waals surface area contributed by atoms with E-state index in [4.69, 9.17) is 11.7 Å². The predicted octanol–water partition coefficient (Wildman–Crippen LogP) is 0.294. The number of carbonyl (C=O) groups is 4. The third-order valence-corrected chi connectivity index (χ3v) is 5.26. The summed E-state index contributed by atoms with van der Waals surface area (Å²) in [6.45, 7) is 3.71. The molecular formula is C19H26N6O4. The fraction of sp³-hybridized carbons (Fsp3) is 0.474. The second kappa shape index (κ2) is 8.18. The SMILES string of the molecule is CCCC(=O)N(N)Cc1cccc2c1C(=O)N(C1CCC(=O)N(N)C1=O)C(C)N2. The Morgan fingerprint density at radius 3 is 2.72 bits per heavy atom. The molecule has 0 spiro atoms. The Morgan fingerprint density at radius 2 is 2.03 bits per heavy atom. The molecule has 10 heteroatoms. The highest BCUT2D eigenvalue weighted by Crippen LogP contribution is 2.32. The number of amides is 4. The Bertz CT molecular complexity index is 857. The van der Waals surface area contributed by atoms with Gasteiger partial charge in [-0.3, -0.25) is 24.2 Å². The van der Waals surface area contributed by atoms with Gasteiger partial charge in [-0.25, -0.2) is 16.7 Å². The van der Waals surface area contributed by atoms with Crippen molar-refractivity contribution in [1.82, 2.24) is 14.9 Å². The Hall–Kier alpha value is -2.98. The lowest BCUT2D eigenvalue weighted by Crippen LogP contribution is -2.62. The summed E-state index contributed by atoms with van der Waals surface area (Å²) in [5, 5.41) is 4.90. The van der Waals surface area contributed by atoms with Crippen LogP contribution in [0, 0.1) is 0 Å². The Morgan fingerprint density at radius 1 is 1.31 bits per heavy atom. The van der Waals surface area contributed by atoms with Crippen LogP contribution in [0.3, 0.4) is 0 Å². The highest BCUT2D eigenvalue weighted by molar-refractivity contribution is 6.07. The number of rotatable bonds is 5. The molecule has 2 aliphatic heterocycles. The molecule has 2 atom stereocenters. The van der Waals surface area contributed by atoms with Crippen molar-refractivity contribution in [3.63, 3.8) is 0 Å². The average molecular weight is 402 g/mol. The molecular weight excluding hydrogens is 376 g/mol. The standard InChI is InChI=1S/C19H26N6O4/c1-3-5-15(26)23(20)10-12-6-4-7-13-17(12)19(29)24(11(2)22-13)14-8-9-16(27)25(21)18(14)28/h4,6-7,11,14,22H,3,5,8-10,20-21H2,1-2H3. The van der Waals surface area contributed by atoms with E-state index in [9.17, 15) is 19.2 Å². The van der Waals surface area contributed by atoms with Gasteiger partial charge in [-0.15, -0.1) is 0 Å². The molecule has 4 amide bonds. The van der Waals surface area contributed by atoms with Crippen molar-refractivity contribution in [3.05, 3.63) is 29.3 Å². The smallest absolute Gasteiger partial charge is 0.266 e. The minimum Gasteiger partial charge on any atom is -0.365 e. The zero-order valence-electron chi connectivity index (χ0n) is 16.6. The van der Waals surface area contributed by atoms with Crippen LogP contribution in [-0.4, -0.2) is 50.8 Å². The Labute approximate surface area is 168 Å². The summed E-state index contributed by atoms with van der Waals surface area (Å²) in [4.78, 5) is 51.1. The van der Waals surface area contributed by atoms with Crippen LogP contribution in [-0.2, 0) is 20.9 Å². The first-order valence-corrected chi connectivity index (χ1v) is 9.63. The van der Waals surface area contributed by atoms with E-state index in [1.807, 2.05) is 6.92 Å². The molecule has 156 valence electrons. The lowest BCUT2D eigenvalue weighted by atomic mass is 9.96. The Balaban J connectivity index is 1.92. The second-order valence-corrected chi connectivity index (χ2v) is 7.30. The van der Waals surface area contributed by atoms with Crippen LogP contribution in [0.1, 0.15) is 55.5 Å². The number of nitrogens with zero attached hydrogens (tertiary/aromatic N) is 3. The van der Waals surface area contributed by atoms with Crippen LogP contribution in [0.5, 0.6) is 0 Å². The van der Waals surface area contributed by atoms with Crippen LogP contribution in [0.2, 0.25) is 0 Å². The number of piperidine rings is 1.